The molecule has 2 atom stereocenters. The average molecular weight is 482 g/mol. The van der Waals surface area contributed by atoms with Crippen LogP contribution in [0.5, 0.6) is 0 Å². The van der Waals surface area contributed by atoms with Gasteiger partial charge in [-0.05, 0) is 31.5 Å². The molecule has 0 amide bonds. The van der Waals surface area contributed by atoms with Gasteiger partial charge in [-0.15, -0.1) is 11.3 Å². The second-order valence-electron chi connectivity index (χ2n) is 6.75. The molecule has 1 aromatic rings. The molecule has 0 fully saturated rings. The van der Waals surface area contributed by atoms with Gasteiger partial charge in [0.05, 0.1) is 5.25 Å². The summed E-state index contributed by atoms with van der Waals surface area (Å²) in [7, 11) is -7.79. The number of ketones is 1. The molecule has 0 bridgehead atoms. The van der Waals surface area contributed by atoms with Gasteiger partial charge < -0.3 is 14.8 Å². The molecular weight excluding hydrogens is 458 g/mol. The van der Waals surface area contributed by atoms with Crippen LogP contribution in [0, 0.1) is 0 Å². The fraction of sp³-hybridized carbons (Fsp3) is 0.588. The molecule has 2 heterocycles. The third-order valence-electron chi connectivity index (χ3n) is 4.33. The molecule has 1 aliphatic rings. The Labute approximate surface area is 178 Å². The first-order valence-electron chi connectivity index (χ1n) is 9.03. The largest absolute Gasteiger partial charge is 0.455 e. The molecule has 0 radical (unpaired) electrons. The van der Waals surface area contributed by atoms with Crippen LogP contribution in [0.1, 0.15) is 38.8 Å². The number of thiophene rings is 1. The lowest BCUT2D eigenvalue weighted by atomic mass is 10.1. The normalized spacial score (nSPS) is 20.2. The lowest BCUT2D eigenvalue weighted by Gasteiger charge is -2.27. The van der Waals surface area contributed by atoms with E-state index in [0.29, 0.717) is 29.9 Å². The van der Waals surface area contributed by atoms with E-state index in [1.165, 1.54) is 6.07 Å². The zero-order valence-corrected chi connectivity index (χ0v) is 19.1. The monoisotopic (exact) mass is 481 g/mol. The van der Waals surface area contributed by atoms with Crippen LogP contribution in [0.3, 0.4) is 0 Å². The number of fused-ring (bicyclic) bond motifs is 1. The Morgan fingerprint density at radius 2 is 1.90 bits per heavy atom. The van der Waals surface area contributed by atoms with Crippen molar-refractivity contribution in [3.05, 3.63) is 11.6 Å². The molecule has 1 aromatic heterocycles. The number of carbonyl (C=O) groups is 3. The van der Waals surface area contributed by atoms with Crippen molar-refractivity contribution in [3.63, 3.8) is 0 Å². The SMILES string of the molecule is CCN[C@H]1C[C@H](C)S(=O)(=O)c2sc(S(=O)(=O)CC(=O)COC(=O)COC(C)=O)cc21. The fourth-order valence-corrected chi connectivity index (χ4v) is 8.18. The number of sulfone groups is 2. The van der Waals surface area contributed by atoms with Crippen LogP contribution in [-0.4, -0.2) is 65.3 Å². The van der Waals surface area contributed by atoms with Gasteiger partial charge in [-0.3, -0.25) is 9.59 Å². The molecule has 30 heavy (non-hydrogen) atoms. The fourth-order valence-electron chi connectivity index (χ4n) is 2.88. The van der Waals surface area contributed by atoms with E-state index >= 15 is 0 Å². The summed E-state index contributed by atoms with van der Waals surface area (Å²) in [6.07, 6.45) is 0.316. The molecule has 13 heteroatoms. The van der Waals surface area contributed by atoms with Gasteiger partial charge in [-0.1, -0.05) is 6.92 Å². The van der Waals surface area contributed by atoms with Crippen molar-refractivity contribution in [1.29, 1.82) is 0 Å². The number of Topliss-reactive ketones (excluding diaryl/α,β-unsaturated/α-hetero) is 1. The zero-order chi connectivity index (χ0) is 22.7. The van der Waals surface area contributed by atoms with Crippen molar-refractivity contribution in [1.82, 2.24) is 5.32 Å². The Kier molecular flexibility index (Phi) is 7.77. The molecule has 0 aliphatic carbocycles. The van der Waals surface area contributed by atoms with Gasteiger partial charge in [-0.25, -0.2) is 21.6 Å². The zero-order valence-electron chi connectivity index (χ0n) is 16.7. The summed E-state index contributed by atoms with van der Waals surface area (Å²) in [5.74, 6) is -3.54. The standard InChI is InChI=1S/C17H23NO9S3/c1-4-18-14-5-10(2)30(24,25)17-13(14)6-16(28-17)29(22,23)9-12(20)7-27-15(21)8-26-11(3)19/h6,10,14,18H,4-5,7-9H2,1-3H3/t10-,14-/m0/s1. The molecule has 10 nitrogen and oxygen atoms in total. The molecule has 0 saturated heterocycles. The predicted molar refractivity (Wildman–Crippen MR) is 107 cm³/mol. The van der Waals surface area contributed by atoms with Gasteiger partial charge in [0, 0.05) is 13.0 Å². The Bertz CT molecular complexity index is 1040. The van der Waals surface area contributed by atoms with Gasteiger partial charge in [0.15, 0.2) is 38.7 Å². The van der Waals surface area contributed by atoms with Crippen molar-refractivity contribution in [3.8, 4) is 0 Å². The van der Waals surface area contributed by atoms with Crippen LogP contribution >= 0.6 is 11.3 Å². The summed E-state index contributed by atoms with van der Waals surface area (Å²) >= 11 is 0.627. The summed E-state index contributed by atoms with van der Waals surface area (Å²) in [5.41, 5.74) is 0.388. The van der Waals surface area contributed by atoms with Crippen LogP contribution in [0.2, 0.25) is 0 Å². The predicted octanol–water partition coefficient (Wildman–Crippen LogP) is 0.414. The Morgan fingerprint density at radius 1 is 1.23 bits per heavy atom. The van der Waals surface area contributed by atoms with Crippen LogP contribution < -0.4 is 5.32 Å². The third kappa shape index (κ3) is 5.65. The van der Waals surface area contributed by atoms with Gasteiger partial charge in [0.2, 0.25) is 0 Å². The summed E-state index contributed by atoms with van der Waals surface area (Å²) < 4.78 is 59.3. The summed E-state index contributed by atoms with van der Waals surface area (Å²) in [6.45, 7) is 3.61. The van der Waals surface area contributed by atoms with Crippen molar-refractivity contribution in [2.75, 3.05) is 25.5 Å². The molecule has 1 aliphatic heterocycles. The van der Waals surface area contributed by atoms with E-state index in [2.05, 4.69) is 14.8 Å². The van der Waals surface area contributed by atoms with Crippen LogP contribution in [0.15, 0.2) is 14.5 Å². The second kappa shape index (κ2) is 9.54. The number of ether oxygens (including phenoxy) is 2. The van der Waals surface area contributed by atoms with E-state index < -0.39 is 61.6 Å². The van der Waals surface area contributed by atoms with E-state index in [9.17, 15) is 31.2 Å². The number of carbonyl (C=O) groups excluding carboxylic acids is 3. The molecule has 0 unspecified atom stereocenters. The highest BCUT2D eigenvalue weighted by atomic mass is 32.3. The maximum Gasteiger partial charge on any atom is 0.344 e. The van der Waals surface area contributed by atoms with E-state index in [0.717, 1.165) is 6.92 Å². The van der Waals surface area contributed by atoms with Crippen molar-refractivity contribution in [2.24, 2.45) is 0 Å². The third-order valence-corrected chi connectivity index (χ3v) is 10.5. The lowest BCUT2D eigenvalue weighted by Crippen LogP contribution is -2.33. The first-order chi connectivity index (χ1) is 13.9. The van der Waals surface area contributed by atoms with E-state index in [1.807, 2.05) is 6.92 Å². The summed E-state index contributed by atoms with van der Waals surface area (Å²) in [4.78, 5) is 33.9. The maximum absolute atomic E-state index is 12.6. The Balaban J connectivity index is 2.15. The second-order valence-corrected chi connectivity index (χ2v) is 12.6. The summed E-state index contributed by atoms with van der Waals surface area (Å²) in [6, 6.07) is 0.994. The Hall–Kier alpha value is -1.83. The first kappa shape index (κ1) is 24.4. The van der Waals surface area contributed by atoms with Crippen LogP contribution in [0.4, 0.5) is 0 Å². The number of esters is 2. The lowest BCUT2D eigenvalue weighted by molar-refractivity contribution is -0.158. The molecule has 0 saturated carbocycles. The topological polar surface area (TPSA) is 150 Å². The van der Waals surface area contributed by atoms with Gasteiger partial charge in [0.1, 0.15) is 14.2 Å². The van der Waals surface area contributed by atoms with Crippen molar-refractivity contribution >= 4 is 48.7 Å². The minimum absolute atomic E-state index is 0.00830. The number of rotatable bonds is 9. The van der Waals surface area contributed by atoms with E-state index in [1.54, 1.807) is 6.92 Å². The number of hydrogen-bond acceptors (Lipinski definition) is 11. The van der Waals surface area contributed by atoms with Crippen LogP contribution in [0.25, 0.3) is 0 Å². The first-order valence-corrected chi connectivity index (χ1v) is 13.0. The molecule has 168 valence electrons. The van der Waals surface area contributed by atoms with Crippen LogP contribution in [-0.2, 0) is 43.5 Å². The molecular formula is C17H23NO9S3. The van der Waals surface area contributed by atoms with Gasteiger partial charge in [-0.2, -0.15) is 0 Å². The van der Waals surface area contributed by atoms with E-state index in [4.69, 9.17) is 0 Å². The van der Waals surface area contributed by atoms with E-state index in [-0.39, 0.29) is 14.5 Å². The molecule has 0 spiro atoms. The molecule has 0 aromatic carbocycles. The highest BCUT2D eigenvalue weighted by Crippen LogP contribution is 2.42. The smallest absolute Gasteiger partial charge is 0.344 e. The quantitative estimate of drug-likeness (QED) is 0.491. The van der Waals surface area contributed by atoms with Gasteiger partial charge in [0.25, 0.3) is 0 Å². The number of nitrogens with one attached hydrogen (secondary N) is 1. The Morgan fingerprint density at radius 3 is 2.50 bits per heavy atom. The number of hydrogen-bond donors (Lipinski definition) is 1. The highest BCUT2D eigenvalue weighted by Gasteiger charge is 2.39. The van der Waals surface area contributed by atoms with Crippen molar-refractivity contribution < 1.29 is 40.7 Å². The highest BCUT2D eigenvalue weighted by molar-refractivity contribution is 7.96. The molecule has 2 rings (SSSR count). The van der Waals surface area contributed by atoms with Crippen molar-refractivity contribution in [2.45, 2.75) is 46.9 Å². The minimum atomic E-state index is -4.13. The summed E-state index contributed by atoms with van der Waals surface area (Å²) in [5, 5.41) is 2.49. The minimum Gasteiger partial charge on any atom is -0.455 e. The maximum atomic E-state index is 12.6. The average Bonchev–Trinajstić information content (AvgIpc) is 3.10. The van der Waals surface area contributed by atoms with Gasteiger partial charge >= 0.3 is 11.9 Å². The molecule has 1 N–H and O–H groups in total.